The van der Waals surface area contributed by atoms with Crippen molar-refractivity contribution in [3.63, 3.8) is 0 Å². The highest BCUT2D eigenvalue weighted by molar-refractivity contribution is 5.70. The van der Waals surface area contributed by atoms with Crippen molar-refractivity contribution >= 4 is 24.4 Å². The van der Waals surface area contributed by atoms with Gasteiger partial charge in [0.2, 0.25) is 0 Å². The van der Waals surface area contributed by atoms with Crippen molar-refractivity contribution in [2.45, 2.75) is 31.1 Å². The normalized spacial score (nSPS) is 23.7. The number of aliphatic imine (C=N–C) groups is 2. The van der Waals surface area contributed by atoms with Crippen molar-refractivity contribution in [2.24, 2.45) is 9.98 Å². The standard InChI is InChI=1S/C22H24F3N9/c1-26-11-17(32-8-6-27-19(14-32)22(23,24)25)21-28-5-4-20(31-21)33-12-16-3-2-7-34(16)18(13-33)15-9-29-30-10-15/h4-6,9-11,14,16,18H,1-3,7-8,12-13H2,(H,29,30)/b17-11-/t16-,18?/m0/s1. The van der Waals surface area contributed by atoms with E-state index in [1.54, 1.807) is 6.20 Å². The Bertz CT molecular complexity index is 1120. The van der Waals surface area contributed by atoms with Crippen molar-refractivity contribution in [2.75, 3.05) is 31.1 Å². The van der Waals surface area contributed by atoms with Crippen molar-refractivity contribution in [3.8, 4) is 0 Å². The molecule has 0 aromatic carbocycles. The van der Waals surface area contributed by atoms with Gasteiger partial charge in [-0.1, -0.05) is 0 Å². The van der Waals surface area contributed by atoms with Gasteiger partial charge in [0.05, 0.1) is 25.0 Å². The molecule has 5 rings (SSSR count). The van der Waals surface area contributed by atoms with E-state index in [9.17, 15) is 13.2 Å². The first-order valence-electron chi connectivity index (χ1n) is 11.0. The van der Waals surface area contributed by atoms with Gasteiger partial charge < -0.3 is 9.80 Å². The Hall–Kier alpha value is -3.54. The molecule has 2 atom stereocenters. The first kappa shape index (κ1) is 22.3. The third-order valence-corrected chi connectivity index (χ3v) is 6.35. The van der Waals surface area contributed by atoms with E-state index in [4.69, 9.17) is 4.98 Å². The highest BCUT2D eigenvalue weighted by Gasteiger charge is 2.39. The lowest BCUT2D eigenvalue weighted by Gasteiger charge is -2.44. The zero-order valence-electron chi connectivity index (χ0n) is 18.4. The average Bonchev–Trinajstić information content (AvgIpc) is 3.54. The van der Waals surface area contributed by atoms with Gasteiger partial charge in [0.25, 0.3) is 0 Å². The summed E-state index contributed by atoms with van der Waals surface area (Å²) < 4.78 is 39.7. The molecule has 2 fully saturated rings. The Morgan fingerprint density at radius 3 is 2.94 bits per heavy atom. The minimum atomic E-state index is -4.56. The highest BCUT2D eigenvalue weighted by Crippen LogP contribution is 2.36. The van der Waals surface area contributed by atoms with Crippen LogP contribution in [0.1, 0.15) is 30.3 Å². The van der Waals surface area contributed by atoms with Crippen molar-refractivity contribution in [3.05, 3.63) is 54.1 Å². The highest BCUT2D eigenvalue weighted by atomic mass is 19.4. The summed E-state index contributed by atoms with van der Waals surface area (Å²) in [4.78, 5) is 22.4. The first-order chi connectivity index (χ1) is 16.4. The second-order valence-electron chi connectivity index (χ2n) is 8.40. The zero-order chi connectivity index (χ0) is 23.7. The number of H-pyrrole nitrogens is 1. The molecular formula is C22H24F3N9. The number of alkyl halides is 3. The molecule has 1 unspecified atom stereocenters. The van der Waals surface area contributed by atoms with Crippen LogP contribution < -0.4 is 4.90 Å². The average molecular weight is 471 g/mol. The Kier molecular flexibility index (Phi) is 5.90. The maximum absolute atomic E-state index is 13.2. The maximum atomic E-state index is 13.2. The fourth-order valence-electron chi connectivity index (χ4n) is 4.80. The number of nitrogens with zero attached hydrogens (tertiary/aromatic N) is 8. The molecule has 1 N–H and O–H groups in total. The summed E-state index contributed by atoms with van der Waals surface area (Å²) >= 11 is 0. The van der Waals surface area contributed by atoms with Crippen LogP contribution in [-0.2, 0) is 0 Å². The molecule has 0 aliphatic carbocycles. The van der Waals surface area contributed by atoms with Gasteiger partial charge in [-0.25, -0.2) is 9.97 Å². The Morgan fingerprint density at radius 2 is 2.18 bits per heavy atom. The number of hydrogen-bond acceptors (Lipinski definition) is 8. The summed E-state index contributed by atoms with van der Waals surface area (Å²) in [6, 6.07) is 2.40. The minimum Gasteiger partial charge on any atom is -0.353 e. The number of fused-ring (bicyclic) bond motifs is 1. The third kappa shape index (κ3) is 4.32. The smallest absolute Gasteiger partial charge is 0.353 e. The molecule has 0 bridgehead atoms. The molecule has 178 valence electrons. The maximum Gasteiger partial charge on any atom is 0.434 e. The molecule has 2 aromatic heterocycles. The number of aromatic amines is 1. The molecule has 0 radical (unpaired) electrons. The predicted octanol–water partition coefficient (Wildman–Crippen LogP) is 3.01. The first-order valence-corrected chi connectivity index (χ1v) is 11.0. The molecular weight excluding hydrogens is 447 g/mol. The molecule has 5 heterocycles. The van der Waals surface area contributed by atoms with Crippen LogP contribution in [0.5, 0.6) is 0 Å². The molecule has 0 spiro atoms. The quantitative estimate of drug-likeness (QED) is 0.675. The summed E-state index contributed by atoms with van der Waals surface area (Å²) in [7, 11) is 0. The summed E-state index contributed by atoms with van der Waals surface area (Å²) in [5, 5.41) is 7.02. The van der Waals surface area contributed by atoms with E-state index in [1.807, 2.05) is 18.5 Å². The van der Waals surface area contributed by atoms with Crippen LogP contribution in [0.3, 0.4) is 0 Å². The molecule has 2 aromatic rings. The van der Waals surface area contributed by atoms with Crippen LogP contribution in [0, 0.1) is 0 Å². The summed E-state index contributed by atoms with van der Waals surface area (Å²) in [6.45, 7) is 6.19. The summed E-state index contributed by atoms with van der Waals surface area (Å²) in [5.41, 5.74) is 0.445. The minimum absolute atomic E-state index is 0.137. The topological polar surface area (TPSA) is 88.9 Å². The second kappa shape index (κ2) is 9.01. The zero-order valence-corrected chi connectivity index (χ0v) is 18.4. The van der Waals surface area contributed by atoms with Crippen LogP contribution in [0.2, 0.25) is 0 Å². The Labute approximate surface area is 194 Å². The van der Waals surface area contributed by atoms with Gasteiger partial charge in [-0.15, -0.1) is 0 Å². The lowest BCUT2D eigenvalue weighted by atomic mass is 10.0. The third-order valence-electron chi connectivity index (χ3n) is 6.35. The Morgan fingerprint density at radius 1 is 1.29 bits per heavy atom. The number of allylic oxidation sites excluding steroid dienone is 1. The van der Waals surface area contributed by atoms with Gasteiger partial charge in [-0.05, 0) is 32.2 Å². The summed E-state index contributed by atoms with van der Waals surface area (Å²) in [6.07, 6.45) is 6.60. The van der Waals surface area contributed by atoms with E-state index in [0.717, 1.165) is 44.2 Å². The van der Waals surface area contributed by atoms with Crippen LogP contribution in [-0.4, -0.2) is 81.3 Å². The molecule has 3 aliphatic heterocycles. The number of halogens is 3. The van der Waals surface area contributed by atoms with E-state index in [1.165, 1.54) is 17.3 Å². The van der Waals surface area contributed by atoms with Gasteiger partial charge in [-0.2, -0.15) is 18.3 Å². The molecule has 3 aliphatic rings. The molecule has 0 saturated carbocycles. The molecule has 34 heavy (non-hydrogen) atoms. The van der Waals surface area contributed by atoms with Gasteiger partial charge >= 0.3 is 6.18 Å². The fourth-order valence-corrected chi connectivity index (χ4v) is 4.80. The number of aromatic nitrogens is 4. The second-order valence-corrected chi connectivity index (χ2v) is 8.40. The van der Waals surface area contributed by atoms with Crippen LogP contribution >= 0.6 is 0 Å². The van der Waals surface area contributed by atoms with E-state index in [-0.39, 0.29) is 18.4 Å². The largest absolute Gasteiger partial charge is 0.434 e. The van der Waals surface area contributed by atoms with E-state index in [2.05, 4.69) is 41.7 Å². The molecule has 12 heteroatoms. The van der Waals surface area contributed by atoms with E-state index in [0.29, 0.717) is 17.6 Å². The predicted molar refractivity (Wildman–Crippen MR) is 122 cm³/mol. The fraction of sp³-hybridized carbons (Fsp3) is 0.409. The van der Waals surface area contributed by atoms with Crippen LogP contribution in [0.15, 0.2) is 52.7 Å². The van der Waals surface area contributed by atoms with E-state index < -0.39 is 11.9 Å². The lowest BCUT2D eigenvalue weighted by Crippen LogP contribution is -2.52. The summed E-state index contributed by atoms with van der Waals surface area (Å²) in [5.74, 6) is 0.984. The number of piperazine rings is 1. The van der Waals surface area contributed by atoms with Crippen molar-refractivity contribution < 1.29 is 13.2 Å². The molecule has 0 amide bonds. The van der Waals surface area contributed by atoms with Gasteiger partial charge in [0.15, 0.2) is 11.5 Å². The number of anilines is 1. The van der Waals surface area contributed by atoms with Crippen LogP contribution in [0.25, 0.3) is 5.70 Å². The van der Waals surface area contributed by atoms with Gasteiger partial charge in [0, 0.05) is 49.5 Å². The van der Waals surface area contributed by atoms with E-state index >= 15 is 0 Å². The lowest BCUT2D eigenvalue weighted by molar-refractivity contribution is -0.0934. The molecule has 2 saturated heterocycles. The van der Waals surface area contributed by atoms with Crippen molar-refractivity contribution in [1.82, 2.24) is 30.0 Å². The number of nitrogens with one attached hydrogen (secondary N) is 1. The SMILES string of the molecule is C=N/C=C(/c1nccc(N2CC(c3cn[nH]c3)N3CCC[C@H]3C2)n1)N1C=C(C(F)(F)F)N=CC1. The Balaban J connectivity index is 1.44. The van der Waals surface area contributed by atoms with Gasteiger partial charge in [-0.3, -0.25) is 20.0 Å². The van der Waals surface area contributed by atoms with Crippen LogP contribution in [0.4, 0.5) is 19.0 Å². The van der Waals surface area contributed by atoms with Gasteiger partial charge in [0.1, 0.15) is 11.5 Å². The van der Waals surface area contributed by atoms with Crippen molar-refractivity contribution in [1.29, 1.82) is 0 Å². The number of rotatable bonds is 5. The molecule has 9 nitrogen and oxygen atoms in total. The monoisotopic (exact) mass is 471 g/mol. The number of hydrogen-bond donors (Lipinski definition) is 1.